The predicted molar refractivity (Wildman–Crippen MR) is 83.9 cm³/mol. The van der Waals surface area contributed by atoms with Gasteiger partial charge in [0, 0.05) is 15.8 Å². The van der Waals surface area contributed by atoms with Crippen LogP contribution in [0.4, 0.5) is 0 Å². The molecule has 2 aromatic heterocycles. The SMILES string of the molecule is CC(C)(C)c1nnsc1C(O)c1cc2cc(Cl)ccc2o1. The van der Waals surface area contributed by atoms with Crippen LogP contribution >= 0.6 is 23.1 Å². The van der Waals surface area contributed by atoms with Gasteiger partial charge in [0.25, 0.3) is 0 Å². The number of aliphatic hydroxyl groups excluding tert-OH is 1. The van der Waals surface area contributed by atoms with Crippen LogP contribution in [0.15, 0.2) is 28.7 Å². The Morgan fingerprint density at radius 2 is 2.05 bits per heavy atom. The highest BCUT2D eigenvalue weighted by Crippen LogP contribution is 2.35. The molecule has 21 heavy (non-hydrogen) atoms. The average molecular weight is 323 g/mol. The highest BCUT2D eigenvalue weighted by molar-refractivity contribution is 7.05. The van der Waals surface area contributed by atoms with Gasteiger partial charge in [-0.1, -0.05) is 36.9 Å². The molecule has 0 saturated carbocycles. The Morgan fingerprint density at radius 1 is 1.29 bits per heavy atom. The zero-order valence-corrected chi connectivity index (χ0v) is 13.5. The highest BCUT2D eigenvalue weighted by atomic mass is 35.5. The average Bonchev–Trinajstić information content (AvgIpc) is 3.02. The molecule has 110 valence electrons. The standard InChI is InChI=1S/C15H15ClN2O2S/c1-15(2,3)14-13(21-18-17-14)12(19)11-7-8-6-9(16)4-5-10(8)20-11/h4-7,12,19H,1-3H3. The molecule has 0 aliphatic heterocycles. The molecule has 0 fully saturated rings. The van der Waals surface area contributed by atoms with Crippen molar-refractivity contribution in [3.63, 3.8) is 0 Å². The number of fused-ring (bicyclic) bond motifs is 1. The van der Waals surface area contributed by atoms with Gasteiger partial charge >= 0.3 is 0 Å². The number of benzene rings is 1. The molecule has 0 radical (unpaired) electrons. The minimum Gasteiger partial charge on any atom is -0.458 e. The normalized spacial score (nSPS) is 13.8. The number of nitrogens with zero attached hydrogens (tertiary/aromatic N) is 2. The molecule has 0 saturated heterocycles. The van der Waals surface area contributed by atoms with Gasteiger partial charge in [-0.3, -0.25) is 0 Å². The van der Waals surface area contributed by atoms with E-state index in [4.69, 9.17) is 16.0 Å². The van der Waals surface area contributed by atoms with E-state index in [-0.39, 0.29) is 5.41 Å². The van der Waals surface area contributed by atoms with E-state index in [0.29, 0.717) is 21.2 Å². The summed E-state index contributed by atoms with van der Waals surface area (Å²) in [5.41, 5.74) is 1.31. The molecule has 1 atom stereocenters. The monoisotopic (exact) mass is 322 g/mol. The van der Waals surface area contributed by atoms with Crippen LogP contribution in [-0.4, -0.2) is 14.7 Å². The molecule has 2 heterocycles. The van der Waals surface area contributed by atoms with Gasteiger partial charge in [0.1, 0.15) is 17.4 Å². The van der Waals surface area contributed by atoms with Gasteiger partial charge < -0.3 is 9.52 Å². The van der Waals surface area contributed by atoms with Crippen LogP contribution in [0, 0.1) is 0 Å². The van der Waals surface area contributed by atoms with Crippen molar-refractivity contribution in [2.24, 2.45) is 0 Å². The fraction of sp³-hybridized carbons (Fsp3) is 0.333. The zero-order valence-electron chi connectivity index (χ0n) is 11.9. The first-order valence-electron chi connectivity index (χ1n) is 6.56. The molecular weight excluding hydrogens is 308 g/mol. The van der Waals surface area contributed by atoms with Crippen molar-refractivity contribution in [1.82, 2.24) is 9.59 Å². The number of rotatable bonds is 2. The molecule has 1 N–H and O–H groups in total. The zero-order chi connectivity index (χ0) is 15.2. The summed E-state index contributed by atoms with van der Waals surface area (Å²) in [4.78, 5) is 0.715. The molecule has 4 nitrogen and oxygen atoms in total. The molecule has 0 spiro atoms. The largest absolute Gasteiger partial charge is 0.458 e. The molecule has 1 unspecified atom stereocenters. The molecular formula is C15H15ClN2O2S. The first kappa shape index (κ1) is 14.5. The van der Waals surface area contributed by atoms with Crippen molar-refractivity contribution < 1.29 is 9.52 Å². The van der Waals surface area contributed by atoms with Gasteiger partial charge in [0.2, 0.25) is 0 Å². The van der Waals surface area contributed by atoms with E-state index < -0.39 is 6.10 Å². The van der Waals surface area contributed by atoms with E-state index in [1.165, 1.54) is 11.5 Å². The van der Waals surface area contributed by atoms with Crippen LogP contribution in [0.3, 0.4) is 0 Å². The number of aromatic nitrogens is 2. The van der Waals surface area contributed by atoms with Crippen molar-refractivity contribution in [2.75, 3.05) is 0 Å². The maximum absolute atomic E-state index is 10.6. The van der Waals surface area contributed by atoms with Crippen LogP contribution in [0.1, 0.15) is 43.2 Å². The summed E-state index contributed by atoms with van der Waals surface area (Å²) in [6.45, 7) is 6.12. The Bertz CT molecular complexity index is 788. The second-order valence-electron chi connectivity index (χ2n) is 5.97. The number of aliphatic hydroxyl groups is 1. The summed E-state index contributed by atoms with van der Waals surface area (Å²) in [6.07, 6.45) is -0.870. The minimum atomic E-state index is -0.870. The fourth-order valence-electron chi connectivity index (χ4n) is 2.20. The lowest BCUT2D eigenvalue weighted by atomic mass is 9.90. The van der Waals surface area contributed by atoms with Gasteiger partial charge in [-0.25, -0.2) is 0 Å². The van der Waals surface area contributed by atoms with Crippen molar-refractivity contribution in [3.05, 3.63) is 45.6 Å². The molecule has 0 amide bonds. The van der Waals surface area contributed by atoms with Crippen LogP contribution in [0.25, 0.3) is 11.0 Å². The summed E-state index contributed by atoms with van der Waals surface area (Å²) in [5.74, 6) is 0.476. The Labute approximate surface area is 131 Å². The number of halogens is 1. The van der Waals surface area contributed by atoms with E-state index >= 15 is 0 Å². The molecule has 0 bridgehead atoms. The molecule has 3 rings (SSSR count). The third kappa shape index (κ3) is 2.69. The molecule has 1 aromatic carbocycles. The van der Waals surface area contributed by atoms with Crippen molar-refractivity contribution >= 4 is 34.1 Å². The van der Waals surface area contributed by atoms with Crippen molar-refractivity contribution in [2.45, 2.75) is 32.3 Å². The Balaban J connectivity index is 2.04. The lowest BCUT2D eigenvalue weighted by Crippen LogP contribution is -2.15. The quantitative estimate of drug-likeness (QED) is 0.763. The lowest BCUT2D eigenvalue weighted by Gasteiger charge is -2.18. The molecule has 0 aliphatic carbocycles. The van der Waals surface area contributed by atoms with Crippen LogP contribution in [0.5, 0.6) is 0 Å². The van der Waals surface area contributed by atoms with E-state index in [2.05, 4.69) is 9.59 Å². The number of hydrogen-bond acceptors (Lipinski definition) is 5. The lowest BCUT2D eigenvalue weighted by molar-refractivity contribution is 0.193. The maximum atomic E-state index is 10.6. The first-order chi connectivity index (χ1) is 9.86. The second-order valence-corrected chi connectivity index (χ2v) is 7.19. The van der Waals surface area contributed by atoms with Gasteiger partial charge in [-0.15, -0.1) is 5.10 Å². The van der Waals surface area contributed by atoms with E-state index in [9.17, 15) is 5.11 Å². The third-order valence-electron chi connectivity index (χ3n) is 3.24. The minimum absolute atomic E-state index is 0.182. The molecule has 0 aliphatic rings. The number of hydrogen-bond donors (Lipinski definition) is 1. The summed E-state index contributed by atoms with van der Waals surface area (Å²) in [6, 6.07) is 7.17. The van der Waals surface area contributed by atoms with Gasteiger partial charge in [0.15, 0.2) is 0 Å². The Hall–Kier alpha value is -1.43. The van der Waals surface area contributed by atoms with Crippen LogP contribution < -0.4 is 0 Å². The maximum Gasteiger partial charge on any atom is 0.149 e. The smallest absolute Gasteiger partial charge is 0.149 e. The predicted octanol–water partition coefficient (Wildman–Crippen LogP) is 4.32. The Kier molecular flexibility index (Phi) is 3.51. The summed E-state index contributed by atoms with van der Waals surface area (Å²) >= 11 is 7.17. The topological polar surface area (TPSA) is 59.2 Å². The summed E-state index contributed by atoms with van der Waals surface area (Å²) in [7, 11) is 0. The van der Waals surface area contributed by atoms with Gasteiger partial charge in [-0.05, 0) is 35.8 Å². The first-order valence-corrected chi connectivity index (χ1v) is 7.71. The van der Waals surface area contributed by atoms with E-state index in [1.807, 2.05) is 26.8 Å². The highest BCUT2D eigenvalue weighted by Gasteiger charge is 2.28. The summed E-state index contributed by atoms with van der Waals surface area (Å²) < 4.78 is 9.69. The third-order valence-corrected chi connectivity index (χ3v) is 4.25. The number of furan rings is 1. The molecule has 3 aromatic rings. The fourth-order valence-corrected chi connectivity index (χ4v) is 3.24. The van der Waals surface area contributed by atoms with Gasteiger partial charge in [0.05, 0.1) is 10.6 Å². The van der Waals surface area contributed by atoms with E-state index in [0.717, 1.165) is 11.1 Å². The van der Waals surface area contributed by atoms with Gasteiger partial charge in [-0.2, -0.15) is 0 Å². The Morgan fingerprint density at radius 3 is 2.76 bits per heavy atom. The second kappa shape index (κ2) is 5.09. The van der Waals surface area contributed by atoms with Crippen LogP contribution in [-0.2, 0) is 5.41 Å². The molecule has 6 heteroatoms. The van der Waals surface area contributed by atoms with Crippen molar-refractivity contribution in [3.8, 4) is 0 Å². The summed E-state index contributed by atoms with van der Waals surface area (Å²) in [5, 5.41) is 16.3. The van der Waals surface area contributed by atoms with Crippen LogP contribution in [0.2, 0.25) is 5.02 Å². The van der Waals surface area contributed by atoms with E-state index in [1.54, 1.807) is 18.2 Å². The van der Waals surface area contributed by atoms with Crippen molar-refractivity contribution in [1.29, 1.82) is 0 Å².